The van der Waals surface area contributed by atoms with E-state index < -0.39 is 5.97 Å². The van der Waals surface area contributed by atoms with Crippen molar-refractivity contribution in [2.45, 2.75) is 37.6 Å². The van der Waals surface area contributed by atoms with Gasteiger partial charge in [0.25, 0.3) is 0 Å². The van der Waals surface area contributed by atoms with E-state index in [9.17, 15) is 9.59 Å². The highest BCUT2D eigenvalue weighted by molar-refractivity contribution is 8.00. The molecule has 2 aromatic heterocycles. The Kier molecular flexibility index (Phi) is 5.03. The summed E-state index contributed by atoms with van der Waals surface area (Å²) in [5.41, 5.74) is 0.876. The van der Waals surface area contributed by atoms with Gasteiger partial charge in [-0.1, -0.05) is 16.9 Å². The summed E-state index contributed by atoms with van der Waals surface area (Å²) in [6.45, 7) is 3.49. The molecule has 0 aromatic carbocycles. The third-order valence-electron chi connectivity index (χ3n) is 3.64. The second-order valence-corrected chi connectivity index (χ2v) is 6.74. The lowest BCUT2D eigenvalue weighted by molar-refractivity contribution is -0.113. The zero-order chi connectivity index (χ0) is 18.0. The van der Waals surface area contributed by atoms with Gasteiger partial charge >= 0.3 is 5.97 Å². The third kappa shape index (κ3) is 4.16. The van der Waals surface area contributed by atoms with E-state index in [-0.39, 0.29) is 11.7 Å². The number of esters is 1. The summed E-state index contributed by atoms with van der Waals surface area (Å²) in [6, 6.07) is 1.63. The number of nitrogens with one attached hydrogen (secondary N) is 1. The Morgan fingerprint density at radius 1 is 1.36 bits per heavy atom. The molecule has 3 rings (SSSR count). The summed E-state index contributed by atoms with van der Waals surface area (Å²) in [7, 11) is 1.31. The number of rotatable bonds is 6. The number of anilines is 1. The topological polar surface area (TPSA) is 107 Å². The molecule has 0 radical (unpaired) electrons. The molecule has 1 fully saturated rings. The minimum atomic E-state index is -0.505. The first-order valence-corrected chi connectivity index (χ1v) is 8.79. The first-order chi connectivity index (χ1) is 12.0. The number of aromatic nitrogens is 3. The molecular weight excluding hydrogens is 344 g/mol. The quantitative estimate of drug-likeness (QED) is 0.474. The van der Waals surface area contributed by atoms with Gasteiger partial charge in [-0.05, 0) is 26.7 Å². The lowest BCUT2D eigenvalue weighted by Gasteiger charge is -2.11. The Morgan fingerprint density at radius 3 is 2.72 bits per heavy atom. The Morgan fingerprint density at radius 2 is 2.12 bits per heavy atom. The van der Waals surface area contributed by atoms with Crippen LogP contribution >= 0.6 is 11.8 Å². The molecule has 1 aliphatic carbocycles. The molecule has 132 valence electrons. The summed E-state index contributed by atoms with van der Waals surface area (Å²) >= 11 is 1.18. The van der Waals surface area contributed by atoms with Crippen LogP contribution in [0.25, 0.3) is 0 Å². The molecule has 0 atom stereocenters. The molecular formula is C16H18N4O4S. The molecule has 2 heterocycles. The standard InChI is InChI=1S/C16H18N4O4S/c1-8-6-11(20-24-8)18-12(21)7-25-15-13(16(22)23-3)9(2)17-14(19-15)10-4-5-10/h6,10H,4-5,7H2,1-3H3,(H,18,20,21). The molecule has 25 heavy (non-hydrogen) atoms. The summed E-state index contributed by atoms with van der Waals surface area (Å²) in [6.07, 6.45) is 2.10. The van der Waals surface area contributed by atoms with Crippen LogP contribution in [0.1, 0.15) is 46.4 Å². The number of thioether (sulfide) groups is 1. The fourth-order valence-electron chi connectivity index (χ4n) is 2.27. The number of methoxy groups -OCH3 is 1. The maximum Gasteiger partial charge on any atom is 0.342 e. The zero-order valence-electron chi connectivity index (χ0n) is 14.2. The van der Waals surface area contributed by atoms with E-state index in [1.54, 1.807) is 19.9 Å². The van der Waals surface area contributed by atoms with Gasteiger partial charge in [0.2, 0.25) is 5.91 Å². The SMILES string of the molecule is COC(=O)c1c(C)nc(C2CC2)nc1SCC(=O)Nc1cc(C)on1. The highest BCUT2D eigenvalue weighted by Crippen LogP contribution is 2.39. The predicted molar refractivity (Wildman–Crippen MR) is 90.7 cm³/mol. The number of nitrogens with zero attached hydrogens (tertiary/aromatic N) is 3. The van der Waals surface area contributed by atoms with Crippen LogP contribution < -0.4 is 5.32 Å². The second kappa shape index (κ2) is 7.22. The first kappa shape index (κ1) is 17.4. The number of hydrogen-bond acceptors (Lipinski definition) is 8. The van der Waals surface area contributed by atoms with Gasteiger partial charge in [-0.3, -0.25) is 4.79 Å². The van der Waals surface area contributed by atoms with Crippen molar-refractivity contribution >= 4 is 29.5 Å². The van der Waals surface area contributed by atoms with Gasteiger partial charge < -0.3 is 14.6 Å². The van der Waals surface area contributed by atoms with Crippen LogP contribution in [-0.2, 0) is 9.53 Å². The highest BCUT2D eigenvalue weighted by atomic mass is 32.2. The fourth-order valence-corrected chi connectivity index (χ4v) is 3.14. The molecule has 0 aliphatic heterocycles. The highest BCUT2D eigenvalue weighted by Gasteiger charge is 2.29. The predicted octanol–water partition coefficient (Wildman–Crippen LogP) is 2.48. The van der Waals surface area contributed by atoms with E-state index >= 15 is 0 Å². The number of aryl methyl sites for hydroxylation is 2. The Labute approximate surface area is 148 Å². The lowest BCUT2D eigenvalue weighted by atomic mass is 10.2. The van der Waals surface area contributed by atoms with Crippen molar-refractivity contribution in [3.63, 3.8) is 0 Å². The molecule has 0 spiro atoms. The molecule has 0 unspecified atom stereocenters. The minimum absolute atomic E-state index is 0.0798. The van der Waals surface area contributed by atoms with Gasteiger partial charge in [-0.2, -0.15) is 0 Å². The molecule has 1 aliphatic rings. The molecule has 2 aromatic rings. The van der Waals surface area contributed by atoms with E-state index in [0.717, 1.165) is 18.7 Å². The fraction of sp³-hybridized carbons (Fsp3) is 0.438. The first-order valence-electron chi connectivity index (χ1n) is 7.80. The van der Waals surface area contributed by atoms with Crippen molar-refractivity contribution in [2.75, 3.05) is 18.2 Å². The van der Waals surface area contributed by atoms with Gasteiger partial charge in [0.05, 0.1) is 18.6 Å². The van der Waals surface area contributed by atoms with Gasteiger partial charge in [0.15, 0.2) is 5.82 Å². The van der Waals surface area contributed by atoms with Gasteiger partial charge in [-0.25, -0.2) is 14.8 Å². The van der Waals surface area contributed by atoms with Crippen molar-refractivity contribution in [1.82, 2.24) is 15.1 Å². The van der Waals surface area contributed by atoms with E-state index in [2.05, 4.69) is 20.4 Å². The molecule has 8 nitrogen and oxygen atoms in total. The van der Waals surface area contributed by atoms with Crippen LogP contribution in [0.4, 0.5) is 5.82 Å². The molecule has 9 heteroatoms. The van der Waals surface area contributed by atoms with Crippen LogP contribution in [0.2, 0.25) is 0 Å². The van der Waals surface area contributed by atoms with Gasteiger partial charge in [-0.15, -0.1) is 0 Å². The second-order valence-electron chi connectivity index (χ2n) is 5.77. The third-order valence-corrected chi connectivity index (χ3v) is 4.62. The van der Waals surface area contributed by atoms with Crippen molar-refractivity contribution in [1.29, 1.82) is 0 Å². The van der Waals surface area contributed by atoms with Crippen LogP contribution in [0.5, 0.6) is 0 Å². The van der Waals surface area contributed by atoms with Crippen molar-refractivity contribution in [2.24, 2.45) is 0 Å². The molecule has 1 N–H and O–H groups in total. The van der Waals surface area contributed by atoms with Crippen LogP contribution in [-0.4, -0.2) is 39.9 Å². The molecule has 0 bridgehead atoms. The maximum atomic E-state index is 12.1. The number of carbonyl (C=O) groups is 2. The number of ether oxygens (including phenoxy) is 1. The number of amides is 1. The smallest absolute Gasteiger partial charge is 0.342 e. The van der Waals surface area contributed by atoms with Gasteiger partial charge in [0.1, 0.15) is 22.2 Å². The lowest BCUT2D eigenvalue weighted by Crippen LogP contribution is -2.16. The van der Waals surface area contributed by atoms with Crippen LogP contribution in [0, 0.1) is 13.8 Å². The summed E-state index contributed by atoms with van der Waals surface area (Å²) < 4.78 is 9.73. The number of carbonyl (C=O) groups excluding carboxylic acids is 2. The Balaban J connectivity index is 1.75. The van der Waals surface area contributed by atoms with E-state index in [4.69, 9.17) is 9.26 Å². The van der Waals surface area contributed by atoms with Crippen molar-refractivity contribution in [3.05, 3.63) is 28.9 Å². The summed E-state index contributed by atoms with van der Waals surface area (Å²) in [5.74, 6) is 1.34. The summed E-state index contributed by atoms with van der Waals surface area (Å²) in [4.78, 5) is 33.0. The average molecular weight is 362 g/mol. The number of hydrogen-bond donors (Lipinski definition) is 1. The maximum absolute atomic E-state index is 12.1. The minimum Gasteiger partial charge on any atom is -0.465 e. The van der Waals surface area contributed by atoms with Crippen molar-refractivity contribution in [3.8, 4) is 0 Å². The van der Waals surface area contributed by atoms with E-state index in [0.29, 0.717) is 33.8 Å². The van der Waals surface area contributed by atoms with E-state index in [1.165, 1.54) is 18.9 Å². The largest absolute Gasteiger partial charge is 0.465 e. The average Bonchev–Trinajstić information content (AvgIpc) is 3.35. The zero-order valence-corrected chi connectivity index (χ0v) is 15.0. The van der Waals surface area contributed by atoms with Crippen molar-refractivity contribution < 1.29 is 18.8 Å². The monoisotopic (exact) mass is 362 g/mol. The van der Waals surface area contributed by atoms with Gasteiger partial charge in [0, 0.05) is 12.0 Å². The molecule has 1 amide bonds. The summed E-state index contributed by atoms with van der Waals surface area (Å²) in [5, 5.41) is 6.81. The Bertz CT molecular complexity index is 816. The van der Waals surface area contributed by atoms with Crippen LogP contribution in [0.3, 0.4) is 0 Å². The normalized spacial score (nSPS) is 13.6. The Hall–Kier alpha value is -2.42. The van der Waals surface area contributed by atoms with Crippen LogP contribution in [0.15, 0.2) is 15.6 Å². The molecule has 1 saturated carbocycles. The van der Waals surface area contributed by atoms with E-state index in [1.807, 2.05) is 0 Å². The molecule has 0 saturated heterocycles.